The molecule has 0 aliphatic carbocycles. The van der Waals surface area contributed by atoms with Gasteiger partial charge < -0.3 is 15.0 Å². The first-order valence-electron chi connectivity index (χ1n) is 8.71. The molecule has 1 heterocycles. The van der Waals surface area contributed by atoms with E-state index in [4.69, 9.17) is 4.74 Å². The number of aromatic nitrogens is 3. The number of ether oxygens (including phenoxy) is 1. The van der Waals surface area contributed by atoms with E-state index in [1.807, 2.05) is 68.4 Å². The standard InChI is InChI=1S/C20H23N5O/c1-4-25(17-8-6-5-7-9-17)19-14-21-24-20(23-19)22-16-10-12-18(13-11-16)26-15(2)3/h5-15H,4H2,1-3H3,(H,22,23,24). The van der Waals surface area contributed by atoms with Crippen molar-refractivity contribution in [3.05, 3.63) is 60.8 Å². The Morgan fingerprint density at radius 3 is 2.42 bits per heavy atom. The molecule has 3 rings (SSSR count). The molecule has 6 heteroatoms. The second-order valence-electron chi connectivity index (χ2n) is 6.03. The Morgan fingerprint density at radius 1 is 1.04 bits per heavy atom. The van der Waals surface area contributed by atoms with Crippen LogP contribution in [0.3, 0.4) is 0 Å². The van der Waals surface area contributed by atoms with Crippen molar-refractivity contribution in [2.24, 2.45) is 0 Å². The number of nitrogens with one attached hydrogen (secondary N) is 1. The van der Waals surface area contributed by atoms with Crippen LogP contribution in [0.1, 0.15) is 20.8 Å². The summed E-state index contributed by atoms with van der Waals surface area (Å²) in [6.07, 6.45) is 1.82. The average Bonchev–Trinajstić information content (AvgIpc) is 2.65. The summed E-state index contributed by atoms with van der Waals surface area (Å²) in [4.78, 5) is 6.68. The maximum Gasteiger partial charge on any atom is 0.249 e. The zero-order chi connectivity index (χ0) is 18.4. The van der Waals surface area contributed by atoms with Crippen LogP contribution in [0.15, 0.2) is 60.8 Å². The number of benzene rings is 2. The fraction of sp³-hybridized carbons (Fsp3) is 0.250. The molecule has 0 saturated heterocycles. The highest BCUT2D eigenvalue weighted by atomic mass is 16.5. The Labute approximate surface area is 153 Å². The highest BCUT2D eigenvalue weighted by Gasteiger charge is 2.10. The van der Waals surface area contributed by atoms with Crippen LogP contribution >= 0.6 is 0 Å². The monoisotopic (exact) mass is 349 g/mol. The van der Waals surface area contributed by atoms with E-state index in [2.05, 4.69) is 32.3 Å². The lowest BCUT2D eigenvalue weighted by Gasteiger charge is -2.21. The van der Waals surface area contributed by atoms with Gasteiger partial charge in [-0.2, -0.15) is 10.1 Å². The molecule has 0 aliphatic heterocycles. The van der Waals surface area contributed by atoms with E-state index in [1.54, 1.807) is 6.20 Å². The summed E-state index contributed by atoms with van der Waals surface area (Å²) in [6, 6.07) is 17.8. The van der Waals surface area contributed by atoms with Gasteiger partial charge in [0.2, 0.25) is 5.95 Å². The summed E-state index contributed by atoms with van der Waals surface area (Å²) in [6.45, 7) is 6.87. The van der Waals surface area contributed by atoms with Gasteiger partial charge in [-0.15, -0.1) is 5.10 Å². The zero-order valence-corrected chi connectivity index (χ0v) is 15.3. The molecule has 134 valence electrons. The van der Waals surface area contributed by atoms with Crippen LogP contribution in [-0.2, 0) is 0 Å². The third-order valence-electron chi connectivity index (χ3n) is 3.69. The molecule has 3 aromatic rings. The molecule has 0 aliphatic rings. The van der Waals surface area contributed by atoms with Crippen LogP contribution in [-0.4, -0.2) is 27.8 Å². The molecule has 0 unspecified atom stereocenters. The van der Waals surface area contributed by atoms with Crippen molar-refractivity contribution in [1.29, 1.82) is 0 Å². The lowest BCUT2D eigenvalue weighted by Crippen LogP contribution is -2.18. The van der Waals surface area contributed by atoms with Crippen molar-refractivity contribution < 1.29 is 4.74 Å². The van der Waals surface area contributed by atoms with E-state index < -0.39 is 0 Å². The summed E-state index contributed by atoms with van der Waals surface area (Å²) in [5.41, 5.74) is 1.94. The minimum Gasteiger partial charge on any atom is -0.491 e. The lowest BCUT2D eigenvalue weighted by atomic mass is 10.3. The molecule has 0 fully saturated rings. The SMILES string of the molecule is CCN(c1ccccc1)c1cnnc(Nc2ccc(OC(C)C)cc2)n1. The van der Waals surface area contributed by atoms with Gasteiger partial charge >= 0.3 is 0 Å². The van der Waals surface area contributed by atoms with Crippen molar-refractivity contribution in [2.75, 3.05) is 16.8 Å². The topological polar surface area (TPSA) is 63.2 Å². The van der Waals surface area contributed by atoms with Gasteiger partial charge in [-0.1, -0.05) is 18.2 Å². The molecule has 26 heavy (non-hydrogen) atoms. The van der Waals surface area contributed by atoms with Crippen LogP contribution in [0, 0.1) is 0 Å². The average molecular weight is 349 g/mol. The Bertz CT molecular complexity index is 821. The normalized spacial score (nSPS) is 10.6. The molecule has 6 nitrogen and oxygen atoms in total. The van der Waals surface area contributed by atoms with Crippen LogP contribution in [0.5, 0.6) is 5.75 Å². The van der Waals surface area contributed by atoms with Gasteiger partial charge in [0, 0.05) is 17.9 Å². The number of rotatable bonds is 7. The summed E-state index contributed by atoms with van der Waals surface area (Å²) in [5.74, 6) is 2.03. The van der Waals surface area contributed by atoms with E-state index in [9.17, 15) is 0 Å². The lowest BCUT2D eigenvalue weighted by molar-refractivity contribution is 0.242. The van der Waals surface area contributed by atoms with Gasteiger partial charge in [0.25, 0.3) is 0 Å². The largest absolute Gasteiger partial charge is 0.491 e. The first-order valence-corrected chi connectivity index (χ1v) is 8.71. The molecular formula is C20H23N5O. The predicted octanol–water partition coefficient (Wildman–Crippen LogP) is 4.56. The minimum atomic E-state index is 0.149. The van der Waals surface area contributed by atoms with Crippen molar-refractivity contribution in [1.82, 2.24) is 15.2 Å². The molecule has 0 amide bonds. The minimum absolute atomic E-state index is 0.149. The van der Waals surface area contributed by atoms with E-state index in [0.717, 1.165) is 29.5 Å². The third kappa shape index (κ3) is 4.47. The first-order chi connectivity index (χ1) is 12.7. The van der Waals surface area contributed by atoms with Gasteiger partial charge in [0.1, 0.15) is 5.75 Å². The molecule has 0 radical (unpaired) electrons. The summed E-state index contributed by atoms with van der Waals surface area (Å²) >= 11 is 0. The number of anilines is 4. The highest BCUT2D eigenvalue weighted by molar-refractivity contribution is 5.61. The van der Waals surface area contributed by atoms with Gasteiger partial charge in [0.15, 0.2) is 5.82 Å². The molecule has 0 atom stereocenters. The number of hydrogen-bond acceptors (Lipinski definition) is 6. The fourth-order valence-electron chi connectivity index (χ4n) is 2.58. The zero-order valence-electron chi connectivity index (χ0n) is 15.3. The van der Waals surface area contributed by atoms with Gasteiger partial charge in [0.05, 0.1) is 12.3 Å². The molecule has 1 N–H and O–H groups in total. The van der Waals surface area contributed by atoms with Crippen molar-refractivity contribution in [3.63, 3.8) is 0 Å². The van der Waals surface area contributed by atoms with E-state index >= 15 is 0 Å². The van der Waals surface area contributed by atoms with Gasteiger partial charge in [-0.05, 0) is 57.2 Å². The number of hydrogen-bond donors (Lipinski definition) is 1. The Morgan fingerprint density at radius 2 is 1.77 bits per heavy atom. The quantitative estimate of drug-likeness (QED) is 0.674. The Hall–Kier alpha value is -3.15. The third-order valence-corrected chi connectivity index (χ3v) is 3.69. The predicted molar refractivity (Wildman–Crippen MR) is 104 cm³/mol. The van der Waals surface area contributed by atoms with E-state index in [1.165, 1.54) is 0 Å². The summed E-state index contributed by atoms with van der Waals surface area (Å²) in [7, 11) is 0. The van der Waals surface area contributed by atoms with Crippen LogP contribution in [0.25, 0.3) is 0 Å². The van der Waals surface area contributed by atoms with Gasteiger partial charge in [-0.25, -0.2) is 0 Å². The van der Waals surface area contributed by atoms with Gasteiger partial charge in [-0.3, -0.25) is 0 Å². The number of para-hydroxylation sites is 1. The molecule has 2 aromatic carbocycles. The van der Waals surface area contributed by atoms with Crippen molar-refractivity contribution in [2.45, 2.75) is 26.9 Å². The molecule has 0 bridgehead atoms. The molecule has 0 spiro atoms. The second kappa shape index (κ2) is 8.29. The maximum absolute atomic E-state index is 5.66. The van der Waals surface area contributed by atoms with Crippen LogP contribution in [0.4, 0.5) is 23.1 Å². The Kier molecular flexibility index (Phi) is 5.63. The smallest absolute Gasteiger partial charge is 0.249 e. The number of nitrogens with zero attached hydrogens (tertiary/aromatic N) is 4. The molecule has 0 saturated carbocycles. The fourth-order valence-corrected chi connectivity index (χ4v) is 2.58. The Balaban J connectivity index is 1.77. The summed E-state index contributed by atoms with van der Waals surface area (Å²) in [5, 5.41) is 11.4. The first kappa shape index (κ1) is 17.7. The van der Waals surface area contributed by atoms with E-state index in [0.29, 0.717) is 5.95 Å². The molecular weight excluding hydrogens is 326 g/mol. The van der Waals surface area contributed by atoms with Crippen molar-refractivity contribution in [3.8, 4) is 5.75 Å². The summed E-state index contributed by atoms with van der Waals surface area (Å²) < 4.78 is 5.66. The second-order valence-corrected chi connectivity index (χ2v) is 6.03. The van der Waals surface area contributed by atoms with E-state index in [-0.39, 0.29) is 6.10 Å². The van der Waals surface area contributed by atoms with Crippen LogP contribution < -0.4 is 15.0 Å². The van der Waals surface area contributed by atoms with Crippen LogP contribution in [0.2, 0.25) is 0 Å². The molecule has 1 aromatic heterocycles. The highest BCUT2D eigenvalue weighted by Crippen LogP contribution is 2.24. The van der Waals surface area contributed by atoms with Crippen molar-refractivity contribution >= 4 is 23.1 Å². The maximum atomic E-state index is 5.66.